The van der Waals surface area contributed by atoms with E-state index in [1.807, 2.05) is 0 Å². The number of aldehydes is 1. The first kappa shape index (κ1) is 9.93. The molecular weight excluding hydrogens is 191 g/mol. The van der Waals surface area contributed by atoms with E-state index in [2.05, 4.69) is 0 Å². The second-order valence-electron chi connectivity index (χ2n) is 2.62. The number of rotatable bonds is 2. The second kappa shape index (κ2) is 4.19. The molecule has 0 atom stereocenters. The minimum absolute atomic E-state index is 0.322. The van der Waals surface area contributed by atoms with E-state index >= 15 is 0 Å². The summed E-state index contributed by atoms with van der Waals surface area (Å²) < 4.78 is 12.5. The van der Waals surface area contributed by atoms with Gasteiger partial charge in [0.1, 0.15) is 12.1 Å². The fraction of sp³-hybridized carbons (Fsp3) is 0.100. The summed E-state index contributed by atoms with van der Waals surface area (Å²) in [6.45, 7) is 1.61. The highest BCUT2D eigenvalue weighted by atomic mass is 35.5. The lowest BCUT2D eigenvalue weighted by molar-refractivity contribution is -0.104. The summed E-state index contributed by atoms with van der Waals surface area (Å²) in [5, 5.41) is 0.356. The molecule has 0 aromatic heterocycles. The normalized spacial score (nSPS) is 12.2. The first-order valence-corrected chi connectivity index (χ1v) is 4.10. The molecule has 0 amide bonds. The van der Waals surface area contributed by atoms with Crippen LogP contribution in [0.5, 0.6) is 0 Å². The third-order valence-electron chi connectivity index (χ3n) is 1.62. The minimum atomic E-state index is -0.322. The Balaban J connectivity index is 3.09. The van der Waals surface area contributed by atoms with E-state index < -0.39 is 0 Å². The van der Waals surface area contributed by atoms with Crippen LogP contribution in [0.2, 0.25) is 0 Å². The molecule has 0 N–H and O–H groups in total. The van der Waals surface area contributed by atoms with Crippen molar-refractivity contribution >= 4 is 22.9 Å². The molecule has 13 heavy (non-hydrogen) atoms. The Kier molecular flexibility index (Phi) is 3.20. The van der Waals surface area contributed by atoms with Crippen LogP contribution >= 0.6 is 11.6 Å². The first-order valence-electron chi connectivity index (χ1n) is 3.72. The summed E-state index contributed by atoms with van der Waals surface area (Å²) in [6, 6.07) is 5.67. The van der Waals surface area contributed by atoms with Gasteiger partial charge >= 0.3 is 0 Å². The maximum Gasteiger partial charge on any atom is 0.147 e. The molecule has 1 rings (SSSR count). The van der Waals surface area contributed by atoms with E-state index in [4.69, 9.17) is 11.6 Å². The van der Waals surface area contributed by atoms with Crippen molar-refractivity contribution in [1.82, 2.24) is 0 Å². The third-order valence-corrected chi connectivity index (χ3v) is 2.14. The van der Waals surface area contributed by atoms with Crippen LogP contribution in [-0.4, -0.2) is 6.29 Å². The lowest BCUT2D eigenvalue weighted by atomic mass is 10.1. The van der Waals surface area contributed by atoms with Crippen LogP contribution < -0.4 is 0 Å². The Morgan fingerprint density at radius 1 is 1.38 bits per heavy atom. The Labute approximate surface area is 80.8 Å². The molecule has 1 aromatic rings. The van der Waals surface area contributed by atoms with Gasteiger partial charge in [0, 0.05) is 5.57 Å². The van der Waals surface area contributed by atoms with Gasteiger partial charge in [0.2, 0.25) is 0 Å². The van der Waals surface area contributed by atoms with Crippen LogP contribution in [0.3, 0.4) is 0 Å². The lowest BCUT2D eigenvalue weighted by Gasteiger charge is -1.99. The fourth-order valence-corrected chi connectivity index (χ4v) is 1.05. The van der Waals surface area contributed by atoms with Gasteiger partial charge in [-0.25, -0.2) is 4.39 Å². The van der Waals surface area contributed by atoms with E-state index in [0.29, 0.717) is 22.5 Å². The Hall–Kier alpha value is -1.15. The van der Waals surface area contributed by atoms with Crippen LogP contribution in [0.25, 0.3) is 5.03 Å². The average molecular weight is 199 g/mol. The van der Waals surface area contributed by atoms with Crippen molar-refractivity contribution in [3.8, 4) is 0 Å². The highest BCUT2D eigenvalue weighted by Crippen LogP contribution is 2.21. The molecule has 1 aromatic carbocycles. The lowest BCUT2D eigenvalue weighted by Crippen LogP contribution is -1.84. The Morgan fingerprint density at radius 2 is 1.92 bits per heavy atom. The molecule has 0 aliphatic rings. The molecule has 3 heteroatoms. The predicted octanol–water partition coefficient (Wildman–Crippen LogP) is 2.99. The largest absolute Gasteiger partial charge is 0.298 e. The number of carbonyl (C=O) groups is 1. The van der Waals surface area contributed by atoms with Gasteiger partial charge in [-0.2, -0.15) is 0 Å². The first-order chi connectivity index (χ1) is 6.15. The van der Waals surface area contributed by atoms with Crippen molar-refractivity contribution in [1.29, 1.82) is 0 Å². The Morgan fingerprint density at radius 3 is 2.38 bits per heavy atom. The zero-order valence-electron chi connectivity index (χ0n) is 7.05. The van der Waals surface area contributed by atoms with Gasteiger partial charge in [-0.15, -0.1) is 0 Å². The van der Waals surface area contributed by atoms with Gasteiger partial charge < -0.3 is 0 Å². The van der Waals surface area contributed by atoms with E-state index in [-0.39, 0.29) is 5.82 Å². The molecule has 0 spiro atoms. The van der Waals surface area contributed by atoms with Crippen LogP contribution in [-0.2, 0) is 4.79 Å². The van der Waals surface area contributed by atoms with Gasteiger partial charge in [0.25, 0.3) is 0 Å². The second-order valence-corrected chi connectivity index (χ2v) is 3.00. The van der Waals surface area contributed by atoms with E-state index in [1.165, 1.54) is 24.3 Å². The molecule has 0 unspecified atom stereocenters. The highest BCUT2D eigenvalue weighted by Gasteiger charge is 2.01. The van der Waals surface area contributed by atoms with Crippen LogP contribution in [0.1, 0.15) is 12.5 Å². The van der Waals surface area contributed by atoms with Gasteiger partial charge in [-0.1, -0.05) is 23.7 Å². The number of hydrogen-bond acceptors (Lipinski definition) is 1. The molecule has 0 aliphatic heterocycles. The molecule has 0 saturated carbocycles. The highest BCUT2D eigenvalue weighted by molar-refractivity contribution is 6.50. The third kappa shape index (κ3) is 2.39. The average Bonchev–Trinajstić information content (AvgIpc) is 2.17. The number of hydrogen-bond donors (Lipinski definition) is 0. The number of carbonyl (C=O) groups excluding carboxylic acids is 1. The summed E-state index contributed by atoms with van der Waals surface area (Å²) >= 11 is 5.84. The summed E-state index contributed by atoms with van der Waals surface area (Å²) in [7, 11) is 0. The number of benzene rings is 1. The monoisotopic (exact) mass is 198 g/mol. The summed E-state index contributed by atoms with van der Waals surface area (Å²) in [5.74, 6) is -0.322. The molecule has 68 valence electrons. The number of allylic oxidation sites excluding steroid dienone is 1. The molecule has 1 nitrogen and oxygen atoms in total. The molecule has 0 fully saturated rings. The smallest absolute Gasteiger partial charge is 0.147 e. The van der Waals surface area contributed by atoms with Gasteiger partial charge in [0.05, 0.1) is 5.03 Å². The standard InChI is InChI=1S/C10H8ClFO/c1-7(6-13)10(11)8-2-4-9(12)5-3-8/h2-6H,1H3/b10-7-. The van der Waals surface area contributed by atoms with Crippen molar-refractivity contribution < 1.29 is 9.18 Å². The van der Waals surface area contributed by atoms with Gasteiger partial charge in [-0.05, 0) is 24.6 Å². The SMILES string of the molecule is C/C(C=O)=C(/Cl)c1ccc(F)cc1. The number of halogens is 2. The zero-order valence-corrected chi connectivity index (χ0v) is 7.81. The topological polar surface area (TPSA) is 17.1 Å². The van der Waals surface area contributed by atoms with Crippen LogP contribution in [0.4, 0.5) is 4.39 Å². The molecule has 0 radical (unpaired) electrons. The predicted molar refractivity (Wildman–Crippen MR) is 50.9 cm³/mol. The Bertz CT molecular complexity index is 340. The minimum Gasteiger partial charge on any atom is -0.298 e. The van der Waals surface area contributed by atoms with E-state index in [1.54, 1.807) is 6.92 Å². The maximum absolute atomic E-state index is 12.5. The van der Waals surface area contributed by atoms with E-state index in [0.717, 1.165) is 0 Å². The summed E-state index contributed by atoms with van der Waals surface area (Å²) in [6.07, 6.45) is 0.672. The molecule has 0 aliphatic carbocycles. The van der Waals surface area contributed by atoms with Crippen molar-refractivity contribution in [2.45, 2.75) is 6.92 Å². The summed E-state index contributed by atoms with van der Waals surface area (Å²) in [5.41, 5.74) is 1.08. The zero-order chi connectivity index (χ0) is 9.84. The molecular formula is C10H8ClFO. The quantitative estimate of drug-likeness (QED) is 0.528. The van der Waals surface area contributed by atoms with Gasteiger partial charge in [-0.3, -0.25) is 4.79 Å². The summed E-state index contributed by atoms with van der Waals surface area (Å²) in [4.78, 5) is 10.4. The van der Waals surface area contributed by atoms with Crippen molar-refractivity contribution in [3.63, 3.8) is 0 Å². The maximum atomic E-state index is 12.5. The van der Waals surface area contributed by atoms with Crippen molar-refractivity contribution in [2.24, 2.45) is 0 Å². The molecule has 0 heterocycles. The van der Waals surface area contributed by atoms with Crippen LogP contribution in [0, 0.1) is 5.82 Å². The fourth-order valence-electron chi connectivity index (χ4n) is 0.876. The van der Waals surface area contributed by atoms with Crippen molar-refractivity contribution in [2.75, 3.05) is 0 Å². The molecule has 0 bridgehead atoms. The van der Waals surface area contributed by atoms with Gasteiger partial charge in [0.15, 0.2) is 0 Å². The van der Waals surface area contributed by atoms with Crippen LogP contribution in [0.15, 0.2) is 29.8 Å². The molecule has 0 saturated heterocycles. The van der Waals surface area contributed by atoms with E-state index in [9.17, 15) is 9.18 Å². The van der Waals surface area contributed by atoms with Crippen molar-refractivity contribution in [3.05, 3.63) is 41.2 Å².